The van der Waals surface area contributed by atoms with Gasteiger partial charge in [0.05, 0.1) is 11.2 Å². The van der Waals surface area contributed by atoms with Crippen molar-refractivity contribution in [2.45, 2.75) is 37.8 Å². The molecule has 7 nitrogen and oxygen atoms in total. The highest BCUT2D eigenvalue weighted by atomic mass is 35.5. The van der Waals surface area contributed by atoms with Crippen LogP contribution >= 0.6 is 11.6 Å². The molecule has 1 saturated carbocycles. The number of nitrogens with zero attached hydrogens (tertiary/aromatic N) is 3. The van der Waals surface area contributed by atoms with E-state index in [0.29, 0.717) is 27.6 Å². The average molecular weight is 465 g/mol. The van der Waals surface area contributed by atoms with Gasteiger partial charge >= 0.3 is 0 Å². The lowest BCUT2D eigenvalue weighted by Crippen LogP contribution is -2.48. The number of hydrogen-bond acceptors (Lipinski definition) is 5. The molecule has 0 radical (unpaired) electrons. The number of carbonyl (C=O) groups excluding carboxylic acids is 1. The van der Waals surface area contributed by atoms with E-state index >= 15 is 0 Å². The van der Waals surface area contributed by atoms with Crippen LogP contribution in [0, 0.1) is 5.82 Å². The summed E-state index contributed by atoms with van der Waals surface area (Å²) in [6, 6.07) is 10.6. The third-order valence-electron chi connectivity index (χ3n) is 5.92. The summed E-state index contributed by atoms with van der Waals surface area (Å²) in [6.07, 6.45) is 8.03. The number of hydrogen-bond donors (Lipinski definition) is 3. The normalized spacial score (nSPS) is 18.2. The molecule has 3 aromatic heterocycles. The minimum Gasteiger partial charge on any atom is -0.363 e. The van der Waals surface area contributed by atoms with E-state index in [1.807, 2.05) is 18.2 Å². The quantitative estimate of drug-likeness (QED) is 0.387. The van der Waals surface area contributed by atoms with Crippen LogP contribution in [0.1, 0.15) is 36.0 Å². The number of anilines is 1. The van der Waals surface area contributed by atoms with Gasteiger partial charge in [0.25, 0.3) is 5.91 Å². The summed E-state index contributed by atoms with van der Waals surface area (Å²) in [6.45, 7) is 0. The smallest absolute Gasteiger partial charge is 0.251 e. The van der Waals surface area contributed by atoms with Gasteiger partial charge in [-0.15, -0.1) is 0 Å². The van der Waals surface area contributed by atoms with Gasteiger partial charge in [0.2, 0.25) is 0 Å². The first-order chi connectivity index (χ1) is 16.1. The predicted octanol–water partition coefficient (Wildman–Crippen LogP) is 4.97. The number of benzene rings is 1. The van der Waals surface area contributed by atoms with Gasteiger partial charge in [0.15, 0.2) is 17.5 Å². The number of rotatable bonds is 5. The Morgan fingerprint density at radius 1 is 1.09 bits per heavy atom. The van der Waals surface area contributed by atoms with Crippen molar-refractivity contribution in [3.8, 4) is 11.4 Å². The molecule has 33 heavy (non-hydrogen) atoms. The monoisotopic (exact) mass is 464 g/mol. The van der Waals surface area contributed by atoms with Crippen molar-refractivity contribution in [2.75, 3.05) is 5.32 Å². The summed E-state index contributed by atoms with van der Waals surface area (Å²) in [7, 11) is 0. The maximum atomic E-state index is 14.7. The molecule has 4 aromatic rings. The molecule has 0 spiro atoms. The van der Waals surface area contributed by atoms with E-state index < -0.39 is 5.82 Å². The van der Waals surface area contributed by atoms with Gasteiger partial charge < -0.3 is 15.6 Å². The summed E-state index contributed by atoms with van der Waals surface area (Å²) >= 11 is 6.10. The van der Waals surface area contributed by atoms with Crippen LogP contribution in [0.2, 0.25) is 5.02 Å². The number of fused-ring (bicyclic) bond motifs is 1. The van der Waals surface area contributed by atoms with Gasteiger partial charge in [-0.3, -0.25) is 4.79 Å². The van der Waals surface area contributed by atoms with Crippen LogP contribution in [-0.2, 0) is 0 Å². The molecular formula is C24H22ClFN6O. The number of aromatic nitrogens is 4. The second-order valence-electron chi connectivity index (χ2n) is 8.12. The molecule has 1 aromatic carbocycles. The Kier molecular flexibility index (Phi) is 5.92. The number of amides is 1. The van der Waals surface area contributed by atoms with Crippen LogP contribution in [0.15, 0.2) is 55.0 Å². The molecule has 0 unspecified atom stereocenters. The molecule has 5 rings (SSSR count). The lowest BCUT2D eigenvalue weighted by atomic mass is 9.90. The van der Waals surface area contributed by atoms with Crippen molar-refractivity contribution in [2.24, 2.45) is 0 Å². The Balaban J connectivity index is 1.39. The molecule has 3 N–H and O–H groups in total. The summed E-state index contributed by atoms with van der Waals surface area (Å²) in [4.78, 5) is 28.6. The fourth-order valence-corrected chi connectivity index (χ4v) is 4.41. The molecule has 1 fully saturated rings. The van der Waals surface area contributed by atoms with Crippen LogP contribution in [-0.4, -0.2) is 37.9 Å². The fourth-order valence-electron chi connectivity index (χ4n) is 4.25. The third-order valence-corrected chi connectivity index (χ3v) is 6.13. The van der Waals surface area contributed by atoms with E-state index in [2.05, 4.69) is 30.6 Å². The zero-order valence-corrected chi connectivity index (χ0v) is 18.4. The van der Waals surface area contributed by atoms with Crippen molar-refractivity contribution in [1.82, 2.24) is 25.3 Å². The van der Waals surface area contributed by atoms with Crippen LogP contribution < -0.4 is 10.6 Å². The van der Waals surface area contributed by atoms with Crippen molar-refractivity contribution < 1.29 is 9.18 Å². The van der Waals surface area contributed by atoms with Crippen LogP contribution in [0.4, 0.5) is 10.2 Å². The zero-order valence-electron chi connectivity index (χ0n) is 17.7. The molecule has 2 atom stereocenters. The van der Waals surface area contributed by atoms with E-state index in [1.165, 1.54) is 0 Å². The molecule has 1 aliphatic rings. The molecule has 9 heteroatoms. The standard InChI is InChI=1S/C24H22ClFN6O/c25-15-10-16-17(12-28-21(16)27-11-15)22-29-13-18(26)23(32-22)30-19-8-4-5-9-20(19)31-24(33)14-6-2-1-3-7-14/h1-3,6-7,10-13,19-20H,4-5,8-9H2,(H,27,28)(H,31,33)(H,29,30,32)/t19-,20-/m1/s1. The minimum absolute atomic E-state index is 0.107. The van der Waals surface area contributed by atoms with E-state index in [0.717, 1.165) is 37.3 Å². The number of pyridine rings is 1. The van der Waals surface area contributed by atoms with E-state index in [-0.39, 0.29) is 23.8 Å². The zero-order chi connectivity index (χ0) is 22.8. The highest BCUT2D eigenvalue weighted by molar-refractivity contribution is 6.31. The Morgan fingerprint density at radius 3 is 2.70 bits per heavy atom. The van der Waals surface area contributed by atoms with Crippen LogP contribution in [0.3, 0.4) is 0 Å². The summed E-state index contributed by atoms with van der Waals surface area (Å²) in [5.74, 6) is -0.222. The van der Waals surface area contributed by atoms with E-state index in [9.17, 15) is 9.18 Å². The Bertz CT molecular complexity index is 1290. The number of H-pyrrole nitrogens is 1. The van der Waals surface area contributed by atoms with Crippen molar-refractivity contribution in [3.63, 3.8) is 0 Å². The largest absolute Gasteiger partial charge is 0.363 e. The van der Waals surface area contributed by atoms with Crippen LogP contribution in [0.5, 0.6) is 0 Å². The second kappa shape index (κ2) is 9.15. The summed E-state index contributed by atoms with van der Waals surface area (Å²) in [5.41, 5.74) is 1.93. The predicted molar refractivity (Wildman–Crippen MR) is 126 cm³/mol. The highest BCUT2D eigenvalue weighted by Crippen LogP contribution is 2.29. The van der Waals surface area contributed by atoms with Gasteiger partial charge in [-0.2, -0.15) is 0 Å². The Hall–Kier alpha value is -3.52. The average Bonchev–Trinajstić information content (AvgIpc) is 3.25. The third kappa shape index (κ3) is 4.52. The highest BCUT2D eigenvalue weighted by Gasteiger charge is 2.28. The lowest BCUT2D eigenvalue weighted by molar-refractivity contribution is 0.0923. The maximum Gasteiger partial charge on any atom is 0.251 e. The van der Waals surface area contributed by atoms with Gasteiger partial charge in [0.1, 0.15) is 5.65 Å². The Labute approximate surface area is 194 Å². The molecule has 0 aliphatic heterocycles. The number of halogens is 2. The number of carbonyl (C=O) groups is 1. The molecule has 1 amide bonds. The number of nitrogens with one attached hydrogen (secondary N) is 3. The van der Waals surface area contributed by atoms with Crippen molar-refractivity contribution in [1.29, 1.82) is 0 Å². The molecular weight excluding hydrogens is 443 g/mol. The van der Waals surface area contributed by atoms with Gasteiger partial charge in [-0.1, -0.05) is 42.6 Å². The van der Waals surface area contributed by atoms with E-state index in [1.54, 1.807) is 30.6 Å². The summed E-state index contributed by atoms with van der Waals surface area (Å²) in [5, 5.41) is 7.57. The molecule has 0 bridgehead atoms. The van der Waals surface area contributed by atoms with Crippen LogP contribution in [0.25, 0.3) is 22.4 Å². The summed E-state index contributed by atoms with van der Waals surface area (Å²) < 4.78 is 14.7. The first-order valence-corrected chi connectivity index (χ1v) is 11.2. The first-order valence-electron chi connectivity index (χ1n) is 10.9. The number of aromatic amines is 1. The van der Waals surface area contributed by atoms with Crippen molar-refractivity contribution in [3.05, 3.63) is 71.4 Å². The molecule has 3 heterocycles. The van der Waals surface area contributed by atoms with E-state index in [4.69, 9.17) is 11.6 Å². The van der Waals surface area contributed by atoms with Gasteiger partial charge in [0, 0.05) is 41.0 Å². The second-order valence-corrected chi connectivity index (χ2v) is 8.56. The topological polar surface area (TPSA) is 95.6 Å². The van der Waals surface area contributed by atoms with Gasteiger partial charge in [-0.25, -0.2) is 19.3 Å². The fraction of sp³-hybridized carbons (Fsp3) is 0.250. The SMILES string of the molecule is O=C(N[C@@H]1CCCC[C@H]1Nc1nc(-c2c[nH]c3ncc(Cl)cc23)ncc1F)c1ccccc1. The lowest BCUT2D eigenvalue weighted by Gasteiger charge is -2.33. The Morgan fingerprint density at radius 2 is 1.88 bits per heavy atom. The molecule has 0 saturated heterocycles. The van der Waals surface area contributed by atoms with Gasteiger partial charge in [-0.05, 0) is 31.0 Å². The minimum atomic E-state index is -0.548. The molecule has 168 valence electrons. The maximum absolute atomic E-state index is 14.7. The first kappa shape index (κ1) is 21.3. The van der Waals surface area contributed by atoms with Crippen molar-refractivity contribution >= 4 is 34.4 Å². The molecule has 1 aliphatic carbocycles.